The van der Waals surface area contributed by atoms with Gasteiger partial charge in [-0.1, -0.05) is 41.5 Å². The van der Waals surface area contributed by atoms with Gasteiger partial charge in [0.25, 0.3) is 0 Å². The number of benzene rings is 1. The molecule has 0 aliphatic carbocycles. The smallest absolute Gasteiger partial charge is 0.226 e. The van der Waals surface area contributed by atoms with Crippen molar-refractivity contribution in [2.24, 2.45) is 0 Å². The van der Waals surface area contributed by atoms with E-state index in [4.69, 9.17) is 8.83 Å². The van der Waals surface area contributed by atoms with Crippen LogP contribution in [0, 0.1) is 0 Å². The van der Waals surface area contributed by atoms with Gasteiger partial charge >= 0.3 is 0 Å². The van der Waals surface area contributed by atoms with Gasteiger partial charge < -0.3 is 8.83 Å². The van der Waals surface area contributed by atoms with Crippen molar-refractivity contribution >= 4 is 0 Å². The molecule has 3 rings (SSSR count). The molecule has 0 aliphatic heterocycles. The molecule has 0 unspecified atom stereocenters. The van der Waals surface area contributed by atoms with Gasteiger partial charge in [0.1, 0.15) is 11.5 Å². The Hall–Kier alpha value is -2.36. The van der Waals surface area contributed by atoms with Crippen LogP contribution in [0.1, 0.15) is 53.1 Å². The number of rotatable bonds is 2. The third kappa shape index (κ3) is 3.28. The summed E-state index contributed by atoms with van der Waals surface area (Å²) >= 11 is 0. The van der Waals surface area contributed by atoms with Gasteiger partial charge in [0.15, 0.2) is 0 Å². The second-order valence-corrected chi connectivity index (χ2v) is 8.14. The highest BCUT2D eigenvalue weighted by atomic mass is 16.4. The second kappa shape index (κ2) is 5.62. The molecule has 4 heteroatoms. The molecule has 4 nitrogen and oxygen atoms in total. The van der Waals surface area contributed by atoms with E-state index in [0.717, 1.165) is 22.6 Å². The molecule has 0 aliphatic rings. The fraction of sp³-hybridized carbons (Fsp3) is 0.400. The molecule has 0 atom stereocenters. The maximum Gasteiger partial charge on any atom is 0.226 e. The average Bonchev–Trinajstić information content (AvgIpc) is 3.16. The summed E-state index contributed by atoms with van der Waals surface area (Å²) in [5, 5.41) is 0. The Bertz CT molecular complexity index is 756. The van der Waals surface area contributed by atoms with Crippen LogP contribution in [0.25, 0.3) is 22.9 Å². The van der Waals surface area contributed by atoms with Gasteiger partial charge in [-0.2, -0.15) is 0 Å². The van der Waals surface area contributed by atoms with E-state index in [2.05, 4.69) is 51.5 Å². The van der Waals surface area contributed by atoms with E-state index in [1.54, 1.807) is 12.4 Å². The van der Waals surface area contributed by atoms with Crippen molar-refractivity contribution in [3.05, 3.63) is 48.2 Å². The summed E-state index contributed by atoms with van der Waals surface area (Å²) in [6.07, 6.45) is 3.60. The Labute approximate surface area is 142 Å². The van der Waals surface area contributed by atoms with Crippen molar-refractivity contribution in [3.63, 3.8) is 0 Å². The summed E-state index contributed by atoms with van der Waals surface area (Å²) in [6.45, 7) is 12.6. The SMILES string of the molecule is CC(C)(C)c1cnc(-c2ccc(-c3ncc(C(C)(C)C)o3)cc2)o1. The van der Waals surface area contributed by atoms with Gasteiger partial charge in [-0.05, 0) is 24.3 Å². The summed E-state index contributed by atoms with van der Waals surface area (Å²) in [6, 6.07) is 7.92. The minimum Gasteiger partial charge on any atom is -0.441 e. The molecule has 3 aromatic rings. The Morgan fingerprint density at radius 2 is 0.958 bits per heavy atom. The van der Waals surface area contributed by atoms with E-state index in [1.807, 2.05) is 24.3 Å². The molecule has 0 N–H and O–H groups in total. The number of nitrogens with zero attached hydrogens (tertiary/aromatic N) is 2. The first-order chi connectivity index (χ1) is 11.1. The third-order valence-corrected chi connectivity index (χ3v) is 3.87. The van der Waals surface area contributed by atoms with Crippen LogP contribution in [0.4, 0.5) is 0 Å². The van der Waals surface area contributed by atoms with Crippen molar-refractivity contribution in [1.82, 2.24) is 9.97 Å². The van der Waals surface area contributed by atoms with E-state index in [9.17, 15) is 0 Å². The summed E-state index contributed by atoms with van der Waals surface area (Å²) in [5.41, 5.74) is 1.79. The van der Waals surface area contributed by atoms with Crippen molar-refractivity contribution in [2.45, 2.75) is 52.4 Å². The van der Waals surface area contributed by atoms with Crippen LogP contribution < -0.4 is 0 Å². The molecule has 0 amide bonds. The van der Waals surface area contributed by atoms with Gasteiger partial charge in [-0.15, -0.1) is 0 Å². The molecule has 24 heavy (non-hydrogen) atoms. The fourth-order valence-electron chi connectivity index (χ4n) is 2.26. The van der Waals surface area contributed by atoms with Crippen LogP contribution >= 0.6 is 0 Å². The molecule has 126 valence electrons. The van der Waals surface area contributed by atoms with Crippen molar-refractivity contribution < 1.29 is 8.83 Å². The minimum absolute atomic E-state index is 0.0490. The topological polar surface area (TPSA) is 52.1 Å². The Kier molecular flexibility index (Phi) is 3.86. The molecule has 0 radical (unpaired) electrons. The van der Waals surface area contributed by atoms with E-state index in [1.165, 1.54) is 0 Å². The van der Waals surface area contributed by atoms with Crippen LogP contribution in [-0.2, 0) is 10.8 Å². The monoisotopic (exact) mass is 324 g/mol. The lowest BCUT2D eigenvalue weighted by atomic mass is 9.94. The number of aromatic nitrogens is 2. The third-order valence-electron chi connectivity index (χ3n) is 3.87. The van der Waals surface area contributed by atoms with Crippen LogP contribution in [0.2, 0.25) is 0 Å². The summed E-state index contributed by atoms with van der Waals surface area (Å²) < 4.78 is 11.8. The lowest BCUT2D eigenvalue weighted by molar-refractivity contribution is 0.415. The van der Waals surface area contributed by atoms with Crippen LogP contribution in [0.5, 0.6) is 0 Å². The van der Waals surface area contributed by atoms with Crippen LogP contribution in [0.15, 0.2) is 45.5 Å². The van der Waals surface area contributed by atoms with Gasteiger partial charge in [-0.3, -0.25) is 0 Å². The normalized spacial score (nSPS) is 12.6. The number of hydrogen-bond acceptors (Lipinski definition) is 4. The Morgan fingerprint density at radius 3 is 1.21 bits per heavy atom. The van der Waals surface area contributed by atoms with Crippen molar-refractivity contribution in [2.75, 3.05) is 0 Å². The maximum absolute atomic E-state index is 5.88. The average molecular weight is 324 g/mol. The maximum atomic E-state index is 5.88. The zero-order valence-electron chi connectivity index (χ0n) is 15.2. The lowest BCUT2D eigenvalue weighted by Gasteiger charge is -2.13. The largest absolute Gasteiger partial charge is 0.441 e. The van der Waals surface area contributed by atoms with Gasteiger partial charge in [0.05, 0.1) is 12.4 Å². The molecule has 2 heterocycles. The van der Waals surface area contributed by atoms with E-state index < -0.39 is 0 Å². The summed E-state index contributed by atoms with van der Waals surface area (Å²) in [4.78, 5) is 8.77. The summed E-state index contributed by atoms with van der Waals surface area (Å²) in [5.74, 6) is 3.02. The zero-order valence-corrected chi connectivity index (χ0v) is 15.2. The predicted octanol–water partition coefficient (Wildman–Crippen LogP) is 5.59. The first kappa shape index (κ1) is 16.5. The molecule has 1 aromatic carbocycles. The molecule has 0 spiro atoms. The first-order valence-corrected chi connectivity index (χ1v) is 8.18. The molecule has 0 saturated heterocycles. The van der Waals surface area contributed by atoms with E-state index in [-0.39, 0.29) is 10.8 Å². The second-order valence-electron chi connectivity index (χ2n) is 8.14. The summed E-state index contributed by atoms with van der Waals surface area (Å²) in [7, 11) is 0. The molecule has 0 bridgehead atoms. The molecule has 0 saturated carbocycles. The van der Waals surface area contributed by atoms with Crippen LogP contribution in [0.3, 0.4) is 0 Å². The van der Waals surface area contributed by atoms with Gasteiger partial charge in [0.2, 0.25) is 11.8 Å². The molecule has 2 aromatic heterocycles. The number of hydrogen-bond donors (Lipinski definition) is 0. The highest BCUT2D eigenvalue weighted by Crippen LogP contribution is 2.30. The highest BCUT2D eigenvalue weighted by molar-refractivity contribution is 5.61. The van der Waals surface area contributed by atoms with E-state index in [0.29, 0.717) is 11.8 Å². The van der Waals surface area contributed by atoms with Gasteiger partial charge in [0, 0.05) is 22.0 Å². The number of oxazole rings is 2. The Morgan fingerprint density at radius 1 is 0.625 bits per heavy atom. The van der Waals surface area contributed by atoms with Gasteiger partial charge in [-0.25, -0.2) is 9.97 Å². The standard InChI is InChI=1S/C20H24N2O2/c1-19(2,3)15-11-21-17(23-15)13-7-9-14(10-8-13)18-22-12-16(24-18)20(4,5)6/h7-12H,1-6H3. The Balaban J connectivity index is 1.86. The molecular formula is C20H24N2O2. The van der Waals surface area contributed by atoms with E-state index >= 15 is 0 Å². The molecule has 0 fully saturated rings. The first-order valence-electron chi connectivity index (χ1n) is 8.18. The minimum atomic E-state index is -0.0490. The highest BCUT2D eigenvalue weighted by Gasteiger charge is 2.21. The van der Waals surface area contributed by atoms with Crippen LogP contribution in [-0.4, -0.2) is 9.97 Å². The quantitative estimate of drug-likeness (QED) is 0.616. The molecular weight excluding hydrogens is 300 g/mol. The van der Waals surface area contributed by atoms with Crippen molar-refractivity contribution in [1.29, 1.82) is 0 Å². The predicted molar refractivity (Wildman–Crippen MR) is 94.8 cm³/mol. The fourth-order valence-corrected chi connectivity index (χ4v) is 2.26. The zero-order chi connectivity index (χ0) is 17.5. The van der Waals surface area contributed by atoms with Crippen molar-refractivity contribution in [3.8, 4) is 22.9 Å². The lowest BCUT2D eigenvalue weighted by Crippen LogP contribution is -2.09.